The Hall–Kier alpha value is -1.54. The molecule has 2 aliphatic rings. The van der Waals surface area contributed by atoms with E-state index in [1.54, 1.807) is 6.08 Å². The standard InChI is InChI=1S/C12H10O2.ClH/c13-12(14)11-7-6-9-4-2-1-3-5-10(9)8-11;/h1-7H,8H2,(H,13,14);1H. The van der Waals surface area contributed by atoms with Gasteiger partial charge in [-0.3, -0.25) is 0 Å². The number of fused-ring (bicyclic) bond motifs is 1. The molecule has 0 aromatic rings. The molecule has 0 saturated carbocycles. The highest BCUT2D eigenvalue weighted by atomic mass is 35.5. The van der Waals surface area contributed by atoms with Gasteiger partial charge < -0.3 is 5.11 Å². The first-order valence-corrected chi connectivity index (χ1v) is 4.46. The molecule has 0 bridgehead atoms. The van der Waals surface area contributed by atoms with Gasteiger partial charge in [0.25, 0.3) is 0 Å². The van der Waals surface area contributed by atoms with Gasteiger partial charge in [0.1, 0.15) is 0 Å². The molecule has 3 heteroatoms. The minimum Gasteiger partial charge on any atom is -0.478 e. The summed E-state index contributed by atoms with van der Waals surface area (Å²) in [5.74, 6) is -0.835. The largest absolute Gasteiger partial charge is 0.478 e. The number of carbonyl (C=O) groups is 1. The molecule has 0 aliphatic heterocycles. The first-order valence-electron chi connectivity index (χ1n) is 4.46. The molecule has 0 saturated heterocycles. The van der Waals surface area contributed by atoms with Gasteiger partial charge in [0.2, 0.25) is 0 Å². The van der Waals surface area contributed by atoms with Crippen molar-refractivity contribution in [3.05, 3.63) is 59.3 Å². The summed E-state index contributed by atoms with van der Waals surface area (Å²) in [4.78, 5) is 10.8. The molecule has 0 atom stereocenters. The predicted molar refractivity (Wildman–Crippen MR) is 62.0 cm³/mol. The van der Waals surface area contributed by atoms with Crippen molar-refractivity contribution in [1.82, 2.24) is 0 Å². The Morgan fingerprint density at radius 1 is 1.13 bits per heavy atom. The lowest BCUT2D eigenvalue weighted by Gasteiger charge is -2.12. The summed E-state index contributed by atoms with van der Waals surface area (Å²) in [5, 5.41) is 8.84. The second-order valence-electron chi connectivity index (χ2n) is 3.23. The fraction of sp³-hybridized carbons (Fsp3) is 0.0833. The van der Waals surface area contributed by atoms with Crippen LogP contribution >= 0.6 is 12.4 Å². The lowest BCUT2D eigenvalue weighted by molar-refractivity contribution is -0.132. The minimum absolute atomic E-state index is 0. The van der Waals surface area contributed by atoms with E-state index in [9.17, 15) is 4.79 Å². The van der Waals surface area contributed by atoms with Crippen molar-refractivity contribution in [3.8, 4) is 0 Å². The first kappa shape index (κ1) is 11.5. The first-order chi connectivity index (χ1) is 6.77. The van der Waals surface area contributed by atoms with E-state index < -0.39 is 5.97 Å². The summed E-state index contributed by atoms with van der Waals surface area (Å²) in [5.41, 5.74) is 2.61. The molecule has 0 heterocycles. The van der Waals surface area contributed by atoms with E-state index in [1.165, 1.54) is 0 Å². The normalized spacial score (nSPS) is 17.7. The van der Waals surface area contributed by atoms with Gasteiger partial charge in [-0.15, -0.1) is 12.4 Å². The monoisotopic (exact) mass is 222 g/mol. The van der Waals surface area contributed by atoms with Crippen LogP contribution in [0.25, 0.3) is 0 Å². The van der Waals surface area contributed by atoms with E-state index in [2.05, 4.69) is 0 Å². The van der Waals surface area contributed by atoms with E-state index in [-0.39, 0.29) is 12.4 Å². The number of hydrogen-bond donors (Lipinski definition) is 1. The molecule has 0 spiro atoms. The third kappa shape index (κ3) is 2.48. The van der Waals surface area contributed by atoms with E-state index in [0.29, 0.717) is 12.0 Å². The average molecular weight is 223 g/mol. The molecule has 1 N–H and O–H groups in total. The van der Waals surface area contributed by atoms with Gasteiger partial charge in [-0.2, -0.15) is 0 Å². The van der Waals surface area contributed by atoms with Crippen LogP contribution < -0.4 is 0 Å². The zero-order chi connectivity index (χ0) is 9.97. The quantitative estimate of drug-likeness (QED) is 0.741. The van der Waals surface area contributed by atoms with Crippen molar-refractivity contribution in [2.24, 2.45) is 0 Å². The molecule has 78 valence electrons. The highest BCUT2D eigenvalue weighted by molar-refractivity contribution is 5.88. The molecule has 0 amide bonds. The van der Waals surface area contributed by atoms with Gasteiger partial charge in [-0.25, -0.2) is 4.79 Å². The maximum absolute atomic E-state index is 10.8. The average Bonchev–Trinajstić information content (AvgIpc) is 2.41. The number of rotatable bonds is 1. The third-order valence-electron chi connectivity index (χ3n) is 2.29. The van der Waals surface area contributed by atoms with Crippen molar-refractivity contribution in [2.75, 3.05) is 0 Å². The molecule has 2 rings (SSSR count). The summed E-state index contributed by atoms with van der Waals surface area (Å²) < 4.78 is 0. The maximum atomic E-state index is 10.8. The van der Waals surface area contributed by atoms with Crippen LogP contribution in [0.15, 0.2) is 59.3 Å². The van der Waals surface area contributed by atoms with Gasteiger partial charge >= 0.3 is 5.97 Å². The van der Waals surface area contributed by atoms with Crippen LogP contribution in [0.1, 0.15) is 6.42 Å². The van der Waals surface area contributed by atoms with E-state index in [0.717, 1.165) is 11.1 Å². The number of aliphatic carboxylic acids is 1. The van der Waals surface area contributed by atoms with Gasteiger partial charge in [0.15, 0.2) is 0 Å². The SMILES string of the molecule is Cl.O=C(O)C1=CC=C2C=CC=CC=C2C1. The zero-order valence-electron chi connectivity index (χ0n) is 8.01. The summed E-state index contributed by atoms with van der Waals surface area (Å²) in [7, 11) is 0. The smallest absolute Gasteiger partial charge is 0.331 e. The van der Waals surface area contributed by atoms with Crippen LogP contribution in [0, 0.1) is 0 Å². The lowest BCUT2D eigenvalue weighted by Crippen LogP contribution is -2.05. The predicted octanol–water partition coefficient (Wildman–Crippen LogP) is 2.80. The van der Waals surface area contributed by atoms with Crippen molar-refractivity contribution in [2.45, 2.75) is 6.42 Å². The topological polar surface area (TPSA) is 37.3 Å². The molecule has 0 radical (unpaired) electrons. The van der Waals surface area contributed by atoms with E-state index in [1.807, 2.05) is 36.5 Å². The van der Waals surface area contributed by atoms with Crippen molar-refractivity contribution in [1.29, 1.82) is 0 Å². The van der Waals surface area contributed by atoms with Crippen LogP contribution in [0.3, 0.4) is 0 Å². The summed E-state index contributed by atoms with van der Waals surface area (Å²) >= 11 is 0. The van der Waals surface area contributed by atoms with Crippen molar-refractivity contribution >= 4 is 18.4 Å². The van der Waals surface area contributed by atoms with E-state index in [4.69, 9.17) is 5.11 Å². The molecule has 15 heavy (non-hydrogen) atoms. The van der Waals surface area contributed by atoms with Crippen LogP contribution in [0.5, 0.6) is 0 Å². The summed E-state index contributed by atoms with van der Waals surface area (Å²) in [6.45, 7) is 0. The Kier molecular flexibility index (Phi) is 3.69. The van der Waals surface area contributed by atoms with Crippen LogP contribution in [0.2, 0.25) is 0 Å². The van der Waals surface area contributed by atoms with Crippen molar-refractivity contribution < 1.29 is 9.90 Å². The maximum Gasteiger partial charge on any atom is 0.331 e. The molecule has 0 aromatic carbocycles. The van der Waals surface area contributed by atoms with Crippen LogP contribution in [0.4, 0.5) is 0 Å². The van der Waals surface area contributed by atoms with Gasteiger partial charge in [-0.05, 0) is 11.1 Å². The lowest BCUT2D eigenvalue weighted by atomic mass is 9.92. The number of allylic oxidation sites excluding steroid dienone is 9. The molecule has 0 fully saturated rings. The van der Waals surface area contributed by atoms with Crippen LogP contribution in [-0.2, 0) is 4.79 Å². The number of halogens is 1. The zero-order valence-corrected chi connectivity index (χ0v) is 8.83. The molecular formula is C12H11ClO2. The second kappa shape index (κ2) is 4.80. The molecule has 0 aromatic heterocycles. The number of carboxylic acid groups (broad SMARTS) is 1. The van der Waals surface area contributed by atoms with Gasteiger partial charge in [-0.1, -0.05) is 42.5 Å². The number of hydrogen-bond acceptors (Lipinski definition) is 1. The third-order valence-corrected chi connectivity index (χ3v) is 2.29. The highest BCUT2D eigenvalue weighted by Gasteiger charge is 2.15. The van der Waals surface area contributed by atoms with Gasteiger partial charge in [0.05, 0.1) is 0 Å². The minimum atomic E-state index is -0.835. The van der Waals surface area contributed by atoms with Crippen LogP contribution in [-0.4, -0.2) is 11.1 Å². The molecule has 2 nitrogen and oxygen atoms in total. The number of carboxylic acids is 1. The fourth-order valence-electron chi connectivity index (χ4n) is 1.52. The Morgan fingerprint density at radius 2 is 1.93 bits per heavy atom. The Labute approximate surface area is 94.4 Å². The van der Waals surface area contributed by atoms with Crippen molar-refractivity contribution in [3.63, 3.8) is 0 Å². The molecule has 2 aliphatic carbocycles. The second-order valence-corrected chi connectivity index (χ2v) is 3.23. The fourth-order valence-corrected chi connectivity index (χ4v) is 1.52. The summed E-state index contributed by atoms with van der Waals surface area (Å²) in [6.07, 6.45) is 13.8. The van der Waals surface area contributed by atoms with Gasteiger partial charge in [0, 0.05) is 12.0 Å². The Morgan fingerprint density at radius 3 is 2.67 bits per heavy atom. The molecular weight excluding hydrogens is 212 g/mol. The Bertz CT molecular complexity index is 423. The van der Waals surface area contributed by atoms with E-state index >= 15 is 0 Å². The molecule has 0 unspecified atom stereocenters. The Balaban J connectivity index is 0.00000112. The summed E-state index contributed by atoms with van der Waals surface area (Å²) in [6, 6.07) is 0. The highest BCUT2D eigenvalue weighted by Crippen LogP contribution is 2.26.